The van der Waals surface area contributed by atoms with E-state index in [-0.39, 0.29) is 44.2 Å². The van der Waals surface area contributed by atoms with E-state index in [9.17, 15) is 87.2 Å². The molecule has 0 unspecified atom stereocenters. The van der Waals surface area contributed by atoms with Gasteiger partial charge in [0.15, 0.2) is 5.96 Å². The first-order valence-corrected chi connectivity index (χ1v) is 28.3. The molecule has 0 saturated carbocycles. The molecule has 0 aromatic heterocycles. The van der Waals surface area contributed by atoms with Crippen LogP contribution < -0.4 is 64.6 Å². The summed E-state index contributed by atoms with van der Waals surface area (Å²) in [6.45, 7) is -3.94. The van der Waals surface area contributed by atoms with Crippen LogP contribution in [0.2, 0.25) is 0 Å². The summed E-state index contributed by atoms with van der Waals surface area (Å²) < 4.78 is 0. The number of hydrogen-bond acceptors (Lipinski definition) is 17. The number of carboxylic acid groups (broad SMARTS) is 3. The second-order valence-electron chi connectivity index (χ2n) is 20.0. The summed E-state index contributed by atoms with van der Waals surface area (Å²) in [6.07, 6.45) is 13.0. The van der Waals surface area contributed by atoms with Crippen LogP contribution in [0.4, 0.5) is 0 Å². The SMILES string of the molecule is CCCCCCCCCCCCCCCC(=O)NCC(=O)NCC(=O)NCC(=O)NCC(=O)NCC(=O)N(C)CC(=O)N(C)CC(=O)N[C@@H](CCC(=O)O)C(=O)N[C@@H](CCCN=C(N)N)C(=O)NCC(=O)N[C@@H](CC(=O)O)C(=O)N[C@@H](CO)C(=O)O. The van der Waals surface area contributed by atoms with Crippen molar-refractivity contribution in [2.75, 3.05) is 79.6 Å². The first-order valence-electron chi connectivity index (χ1n) is 28.3. The van der Waals surface area contributed by atoms with Crippen molar-refractivity contribution >= 4 is 94.8 Å². The molecule has 18 N–H and O–H groups in total. The molecule has 0 aliphatic rings. The summed E-state index contributed by atoms with van der Waals surface area (Å²) in [5, 5.41) is 59.1. The number of rotatable bonds is 48. The van der Waals surface area contributed by atoms with Gasteiger partial charge in [-0.25, -0.2) is 4.79 Å². The number of carbonyl (C=O) groups is 15. The van der Waals surface area contributed by atoms with E-state index >= 15 is 0 Å². The van der Waals surface area contributed by atoms with Crippen LogP contribution in [-0.2, 0) is 71.9 Å². The van der Waals surface area contributed by atoms with Crippen LogP contribution in [0.3, 0.4) is 0 Å². The maximum Gasteiger partial charge on any atom is 0.328 e. The zero-order valence-corrected chi connectivity index (χ0v) is 49.2. The summed E-state index contributed by atoms with van der Waals surface area (Å²) in [5.41, 5.74) is 10.7. The zero-order chi connectivity index (χ0) is 65.0. The summed E-state index contributed by atoms with van der Waals surface area (Å²) in [7, 11) is 2.35. The van der Waals surface area contributed by atoms with Crippen molar-refractivity contribution in [2.24, 2.45) is 16.5 Å². The molecular formula is C52H89N15O19. The van der Waals surface area contributed by atoms with E-state index in [0.717, 1.165) is 36.1 Å². The molecule has 86 heavy (non-hydrogen) atoms. The maximum absolute atomic E-state index is 13.6. The third-order valence-corrected chi connectivity index (χ3v) is 12.5. The lowest BCUT2D eigenvalue weighted by Crippen LogP contribution is -2.57. The highest BCUT2D eigenvalue weighted by molar-refractivity contribution is 5.97. The van der Waals surface area contributed by atoms with Crippen LogP contribution in [0, 0.1) is 0 Å². The van der Waals surface area contributed by atoms with E-state index in [1.54, 1.807) is 0 Å². The summed E-state index contributed by atoms with van der Waals surface area (Å²) >= 11 is 0. The highest BCUT2D eigenvalue weighted by atomic mass is 16.4. The lowest BCUT2D eigenvalue weighted by Gasteiger charge is -2.25. The number of hydrogen-bond donors (Lipinski definition) is 16. The van der Waals surface area contributed by atoms with Gasteiger partial charge in [-0.05, 0) is 25.7 Å². The number of aliphatic imine (C=N–C) groups is 1. The van der Waals surface area contributed by atoms with E-state index in [0.29, 0.717) is 6.42 Å². The Bertz CT molecular complexity index is 2300. The number of nitrogens with zero attached hydrogens (tertiary/aromatic N) is 3. The molecule has 0 fully saturated rings. The number of amides is 12. The fourth-order valence-corrected chi connectivity index (χ4v) is 7.58. The molecule has 0 rings (SSSR count). The molecule has 0 radical (unpaired) electrons. The Morgan fingerprint density at radius 1 is 0.419 bits per heavy atom. The average Bonchev–Trinajstić information content (AvgIpc) is 3.53. The van der Waals surface area contributed by atoms with Crippen molar-refractivity contribution in [3.05, 3.63) is 0 Å². The van der Waals surface area contributed by atoms with Gasteiger partial charge < -0.3 is 94.9 Å². The van der Waals surface area contributed by atoms with Gasteiger partial charge in [0, 0.05) is 33.5 Å². The Morgan fingerprint density at radius 2 is 0.849 bits per heavy atom. The molecule has 4 atom stereocenters. The molecule has 0 bridgehead atoms. The second-order valence-corrected chi connectivity index (χ2v) is 20.0. The van der Waals surface area contributed by atoms with Gasteiger partial charge in [-0.3, -0.25) is 72.1 Å². The van der Waals surface area contributed by atoms with Crippen molar-refractivity contribution in [1.82, 2.24) is 63.0 Å². The first kappa shape index (κ1) is 77.3. The van der Waals surface area contributed by atoms with Crippen molar-refractivity contribution in [3.63, 3.8) is 0 Å². The third kappa shape index (κ3) is 39.7. The van der Waals surface area contributed by atoms with Crippen LogP contribution in [0.25, 0.3) is 0 Å². The van der Waals surface area contributed by atoms with Crippen LogP contribution in [0.1, 0.15) is 129 Å². The van der Waals surface area contributed by atoms with Crippen molar-refractivity contribution in [1.29, 1.82) is 0 Å². The molecule has 0 aromatic carbocycles. The third-order valence-electron chi connectivity index (χ3n) is 12.5. The Hall–Kier alpha value is -8.72. The van der Waals surface area contributed by atoms with Crippen LogP contribution in [0.5, 0.6) is 0 Å². The van der Waals surface area contributed by atoms with Gasteiger partial charge in [-0.15, -0.1) is 0 Å². The topological polar surface area (TPSA) is 528 Å². The van der Waals surface area contributed by atoms with E-state index in [1.807, 2.05) is 10.6 Å². The molecule has 0 aliphatic heterocycles. The van der Waals surface area contributed by atoms with Crippen LogP contribution >= 0.6 is 0 Å². The summed E-state index contributed by atoms with van der Waals surface area (Å²) in [5.74, 6) is -15.5. The Morgan fingerprint density at radius 3 is 1.33 bits per heavy atom. The van der Waals surface area contributed by atoms with Crippen LogP contribution in [-0.4, -0.2) is 229 Å². The fourth-order valence-electron chi connectivity index (χ4n) is 7.58. The fraction of sp³-hybridized carbons (Fsp3) is 0.692. The Labute approximate surface area is 498 Å². The smallest absolute Gasteiger partial charge is 0.328 e. The number of unbranched alkanes of at least 4 members (excludes halogenated alkanes) is 12. The van der Waals surface area contributed by atoms with Gasteiger partial charge in [-0.1, -0.05) is 84.0 Å². The average molecular weight is 1230 g/mol. The van der Waals surface area contributed by atoms with Gasteiger partial charge in [0.25, 0.3) is 0 Å². The molecule has 34 heteroatoms. The molecule has 0 aromatic rings. The predicted octanol–water partition coefficient (Wildman–Crippen LogP) is -5.51. The number of aliphatic hydroxyl groups is 1. The minimum absolute atomic E-state index is 0.0120. The number of nitrogens with one attached hydrogen (secondary N) is 10. The number of nitrogens with two attached hydrogens (primary N) is 2. The Kier molecular flexibility index (Phi) is 41.0. The quantitative estimate of drug-likeness (QED) is 0.0153. The lowest BCUT2D eigenvalue weighted by atomic mass is 10.0. The summed E-state index contributed by atoms with van der Waals surface area (Å²) in [4.78, 5) is 192. The molecule has 0 spiro atoms. The molecule has 12 amide bonds. The number of carboxylic acids is 3. The molecular weight excluding hydrogens is 1140 g/mol. The number of carbonyl (C=O) groups excluding carboxylic acids is 12. The minimum Gasteiger partial charge on any atom is -0.481 e. The molecule has 486 valence electrons. The van der Waals surface area contributed by atoms with Gasteiger partial charge in [-0.2, -0.15) is 0 Å². The largest absolute Gasteiger partial charge is 0.481 e. The second kappa shape index (κ2) is 45.7. The monoisotopic (exact) mass is 1230 g/mol. The van der Waals surface area contributed by atoms with Crippen molar-refractivity contribution in [2.45, 2.75) is 153 Å². The number of likely N-dealkylation sites (N-methyl/N-ethyl adjacent to an activating group) is 2. The molecule has 0 aliphatic carbocycles. The number of guanidine groups is 1. The lowest BCUT2D eigenvalue weighted by molar-refractivity contribution is -0.144. The number of aliphatic carboxylic acids is 3. The van der Waals surface area contributed by atoms with Gasteiger partial charge in [0.05, 0.1) is 65.4 Å². The van der Waals surface area contributed by atoms with E-state index in [4.69, 9.17) is 16.6 Å². The minimum atomic E-state index is -1.88. The summed E-state index contributed by atoms with van der Waals surface area (Å²) in [6, 6.07) is -6.93. The van der Waals surface area contributed by atoms with Crippen molar-refractivity contribution in [3.8, 4) is 0 Å². The van der Waals surface area contributed by atoms with E-state index < -0.39 is 179 Å². The zero-order valence-electron chi connectivity index (χ0n) is 49.2. The highest BCUT2D eigenvalue weighted by Crippen LogP contribution is 2.13. The van der Waals surface area contributed by atoms with Gasteiger partial charge >= 0.3 is 17.9 Å². The molecule has 0 saturated heterocycles. The predicted molar refractivity (Wildman–Crippen MR) is 305 cm³/mol. The van der Waals surface area contributed by atoms with E-state index in [1.165, 1.54) is 64.8 Å². The van der Waals surface area contributed by atoms with Gasteiger partial charge in [0.1, 0.15) is 24.2 Å². The van der Waals surface area contributed by atoms with Gasteiger partial charge in [0.2, 0.25) is 70.9 Å². The maximum atomic E-state index is 13.6. The highest BCUT2D eigenvalue weighted by Gasteiger charge is 2.31. The van der Waals surface area contributed by atoms with E-state index in [2.05, 4.69) is 54.5 Å². The molecule has 0 heterocycles. The normalized spacial score (nSPS) is 12.0. The standard InChI is InChI=1S/C52H89N15O19/c1-4-5-6-7-8-9-10-11-12-13-14-15-16-19-37(69)56-24-38(70)57-25-39(71)58-26-40(72)59-27-41(73)60-29-44(76)67(3)31-45(77)66(2)30-43(75)62-34(20-21-46(78)79)49(83)64-33(18-17-22-55-52(53)54)48(82)61-28-42(74)63-35(23-47(80)81)50(84)65-36(32-68)51(85)86/h33-36,68H,4-32H2,1-3H3,(H,56,69)(H,57,70)(H,58,71)(H,59,72)(H,60,73)(H,61,82)(H,62,75)(H,63,74)(H,64,83)(H,65,84)(H,78,79)(H,80,81)(H,85,86)(H4,53,54,55)/t33-,34-,35-,36-/m0/s1. The number of aliphatic hydroxyl groups excluding tert-OH is 1. The van der Waals surface area contributed by atoms with Crippen molar-refractivity contribution < 1.29 is 92.3 Å². The first-order chi connectivity index (χ1) is 40.7. The van der Waals surface area contributed by atoms with Crippen LogP contribution in [0.15, 0.2) is 4.99 Å². The Balaban J connectivity index is 5.04. The molecule has 34 nitrogen and oxygen atoms in total.